The Balaban J connectivity index is 1.40. The molecule has 0 spiro atoms. The molecule has 2 N–H and O–H groups in total. The van der Waals surface area contributed by atoms with Gasteiger partial charge in [0, 0.05) is 13.1 Å². The molecule has 0 atom stereocenters. The summed E-state index contributed by atoms with van der Waals surface area (Å²) in [4.78, 5) is 0. The summed E-state index contributed by atoms with van der Waals surface area (Å²) in [6.45, 7) is 2.25. The maximum Gasteiger partial charge on any atom is 0.416 e. The molecule has 2 nitrogen and oxygen atoms in total. The van der Waals surface area contributed by atoms with E-state index in [9.17, 15) is 26.3 Å². The number of halogens is 6. The first-order valence-corrected chi connectivity index (χ1v) is 10.9. The topological polar surface area (TPSA) is 24.1 Å². The molecule has 0 aromatic heterocycles. The average molecular weight is 480 g/mol. The molecule has 0 radical (unpaired) electrons. The Morgan fingerprint density at radius 2 is 0.882 bits per heavy atom. The molecule has 34 heavy (non-hydrogen) atoms. The fourth-order valence-electron chi connectivity index (χ4n) is 3.59. The summed E-state index contributed by atoms with van der Waals surface area (Å²) in [5.74, 6) is 0. The molecule has 0 bridgehead atoms. The summed E-state index contributed by atoms with van der Waals surface area (Å²) >= 11 is 0. The first-order valence-electron chi connectivity index (χ1n) is 10.9. The predicted octanol–water partition coefficient (Wildman–Crippen LogP) is 6.39. The second-order valence-electron chi connectivity index (χ2n) is 8.07. The SMILES string of the molecule is FC(F)(F)c1cccc(CCNCc2cccc(CNCCc3cccc(C(F)(F)F)c3)c2)c1. The van der Waals surface area contributed by atoms with E-state index in [0.29, 0.717) is 50.1 Å². The minimum absolute atomic E-state index is 0.487. The second kappa shape index (κ2) is 11.5. The van der Waals surface area contributed by atoms with E-state index in [2.05, 4.69) is 10.6 Å². The van der Waals surface area contributed by atoms with Gasteiger partial charge in [-0.2, -0.15) is 26.3 Å². The van der Waals surface area contributed by atoms with Crippen LogP contribution in [0.5, 0.6) is 0 Å². The highest BCUT2D eigenvalue weighted by Gasteiger charge is 2.30. The van der Waals surface area contributed by atoms with Crippen LogP contribution in [0.1, 0.15) is 33.4 Å². The summed E-state index contributed by atoms with van der Waals surface area (Å²) in [7, 11) is 0. The third-order valence-electron chi connectivity index (χ3n) is 5.34. The molecule has 0 fully saturated rings. The van der Waals surface area contributed by atoms with Crippen LogP contribution in [-0.4, -0.2) is 13.1 Å². The van der Waals surface area contributed by atoms with Crippen LogP contribution in [0.15, 0.2) is 72.8 Å². The summed E-state index contributed by atoms with van der Waals surface area (Å²) in [6, 6.07) is 18.6. The van der Waals surface area contributed by atoms with Gasteiger partial charge in [-0.3, -0.25) is 0 Å². The maximum absolute atomic E-state index is 12.8. The Labute approximate surface area is 195 Å². The van der Waals surface area contributed by atoms with Gasteiger partial charge in [-0.1, -0.05) is 60.7 Å². The minimum Gasteiger partial charge on any atom is -0.312 e. The van der Waals surface area contributed by atoms with Crippen molar-refractivity contribution in [3.8, 4) is 0 Å². The Bertz CT molecular complexity index is 979. The molecule has 0 saturated heterocycles. The normalized spacial score (nSPS) is 12.2. The van der Waals surface area contributed by atoms with Gasteiger partial charge in [-0.15, -0.1) is 0 Å². The molecule has 0 amide bonds. The van der Waals surface area contributed by atoms with Crippen molar-refractivity contribution in [1.29, 1.82) is 0 Å². The van der Waals surface area contributed by atoms with E-state index >= 15 is 0 Å². The summed E-state index contributed by atoms with van der Waals surface area (Å²) in [6.07, 6.45) is -7.71. The first kappa shape index (κ1) is 25.8. The number of benzene rings is 3. The number of hydrogen-bond donors (Lipinski definition) is 2. The fraction of sp³-hybridized carbons (Fsp3) is 0.308. The van der Waals surface area contributed by atoms with Crippen molar-refractivity contribution in [2.45, 2.75) is 38.3 Å². The van der Waals surface area contributed by atoms with Gasteiger partial charge in [-0.25, -0.2) is 0 Å². The third-order valence-corrected chi connectivity index (χ3v) is 5.34. The predicted molar refractivity (Wildman–Crippen MR) is 120 cm³/mol. The van der Waals surface area contributed by atoms with E-state index in [1.807, 2.05) is 24.3 Å². The van der Waals surface area contributed by atoms with Gasteiger partial charge in [0.1, 0.15) is 0 Å². The van der Waals surface area contributed by atoms with Crippen LogP contribution < -0.4 is 10.6 Å². The highest BCUT2D eigenvalue weighted by atomic mass is 19.4. The summed E-state index contributed by atoms with van der Waals surface area (Å²) in [5.41, 5.74) is 2.06. The van der Waals surface area contributed by atoms with E-state index in [0.717, 1.165) is 23.3 Å². The van der Waals surface area contributed by atoms with Crippen LogP contribution >= 0.6 is 0 Å². The summed E-state index contributed by atoms with van der Waals surface area (Å²) < 4.78 is 76.9. The van der Waals surface area contributed by atoms with Gasteiger partial charge in [0.15, 0.2) is 0 Å². The Kier molecular flexibility index (Phi) is 8.74. The van der Waals surface area contributed by atoms with Crippen LogP contribution in [0.25, 0.3) is 0 Å². The quantitative estimate of drug-likeness (QED) is 0.260. The number of alkyl halides is 6. The van der Waals surface area contributed by atoms with Crippen LogP contribution in [0.2, 0.25) is 0 Å². The van der Waals surface area contributed by atoms with Gasteiger partial charge in [-0.05, 0) is 60.3 Å². The molecule has 0 unspecified atom stereocenters. The zero-order chi connectivity index (χ0) is 24.6. The van der Waals surface area contributed by atoms with Gasteiger partial charge in [0.05, 0.1) is 11.1 Å². The van der Waals surface area contributed by atoms with Crippen molar-refractivity contribution in [2.75, 3.05) is 13.1 Å². The van der Waals surface area contributed by atoms with Gasteiger partial charge >= 0.3 is 12.4 Å². The zero-order valence-corrected chi connectivity index (χ0v) is 18.4. The van der Waals surface area contributed by atoms with E-state index in [1.165, 1.54) is 24.3 Å². The minimum atomic E-state index is -4.34. The molecule has 3 aromatic carbocycles. The highest BCUT2D eigenvalue weighted by Crippen LogP contribution is 2.30. The van der Waals surface area contributed by atoms with E-state index in [4.69, 9.17) is 0 Å². The van der Waals surface area contributed by atoms with Crippen LogP contribution in [0.3, 0.4) is 0 Å². The van der Waals surface area contributed by atoms with Crippen LogP contribution in [-0.2, 0) is 38.3 Å². The van der Waals surface area contributed by atoms with E-state index in [-0.39, 0.29) is 0 Å². The summed E-state index contributed by atoms with van der Waals surface area (Å²) in [5, 5.41) is 6.50. The van der Waals surface area contributed by atoms with Crippen molar-refractivity contribution in [3.05, 3.63) is 106 Å². The van der Waals surface area contributed by atoms with Gasteiger partial charge in [0.2, 0.25) is 0 Å². The standard InChI is InChI=1S/C26H26F6N2/c27-25(28,29)23-8-2-4-19(15-23)10-12-33-17-21-6-1-7-22(14-21)18-34-13-11-20-5-3-9-24(16-20)26(30,31)32/h1-9,14-16,33-34H,10-13,17-18H2. The second-order valence-corrected chi connectivity index (χ2v) is 8.07. The fourth-order valence-corrected chi connectivity index (χ4v) is 3.59. The lowest BCUT2D eigenvalue weighted by Gasteiger charge is -2.11. The van der Waals surface area contributed by atoms with Crippen molar-refractivity contribution in [3.63, 3.8) is 0 Å². The molecule has 3 aromatic rings. The Hall–Kier alpha value is -2.84. The molecular formula is C26H26F6N2. The Morgan fingerprint density at radius 1 is 0.500 bits per heavy atom. The lowest BCUT2D eigenvalue weighted by Crippen LogP contribution is -2.18. The zero-order valence-electron chi connectivity index (χ0n) is 18.4. The molecule has 0 aliphatic rings. The van der Waals surface area contributed by atoms with Crippen molar-refractivity contribution in [1.82, 2.24) is 10.6 Å². The third kappa shape index (κ3) is 8.18. The molecule has 0 aliphatic heterocycles. The smallest absolute Gasteiger partial charge is 0.312 e. The molecule has 0 aliphatic carbocycles. The monoisotopic (exact) mass is 480 g/mol. The molecular weight excluding hydrogens is 454 g/mol. The molecule has 8 heteroatoms. The van der Waals surface area contributed by atoms with Crippen molar-refractivity contribution < 1.29 is 26.3 Å². The van der Waals surface area contributed by atoms with Crippen molar-refractivity contribution in [2.24, 2.45) is 0 Å². The van der Waals surface area contributed by atoms with Crippen LogP contribution in [0.4, 0.5) is 26.3 Å². The highest BCUT2D eigenvalue weighted by molar-refractivity contribution is 5.27. The number of rotatable bonds is 10. The number of nitrogens with one attached hydrogen (secondary N) is 2. The lowest BCUT2D eigenvalue weighted by atomic mass is 10.1. The average Bonchev–Trinajstić information content (AvgIpc) is 2.79. The largest absolute Gasteiger partial charge is 0.416 e. The lowest BCUT2D eigenvalue weighted by molar-refractivity contribution is -0.138. The molecule has 0 saturated carbocycles. The van der Waals surface area contributed by atoms with Gasteiger partial charge in [0.25, 0.3) is 0 Å². The number of hydrogen-bond acceptors (Lipinski definition) is 2. The van der Waals surface area contributed by atoms with Gasteiger partial charge < -0.3 is 10.6 Å². The van der Waals surface area contributed by atoms with E-state index in [1.54, 1.807) is 12.1 Å². The van der Waals surface area contributed by atoms with E-state index < -0.39 is 23.5 Å². The maximum atomic E-state index is 12.8. The molecule has 0 heterocycles. The first-order chi connectivity index (χ1) is 16.1. The van der Waals surface area contributed by atoms with Crippen molar-refractivity contribution >= 4 is 0 Å². The molecule has 3 rings (SSSR count). The van der Waals surface area contributed by atoms with Crippen LogP contribution in [0, 0.1) is 0 Å². The molecule has 182 valence electrons. The Morgan fingerprint density at radius 3 is 1.29 bits per heavy atom.